The smallest absolute Gasteiger partial charge is 0.273 e. The number of nitrogens with two attached hydrogens (primary N) is 1. The van der Waals surface area contributed by atoms with Crippen molar-refractivity contribution in [2.75, 3.05) is 19.6 Å². The number of carbonyl (C=O) groups is 1. The quantitative estimate of drug-likeness (QED) is 0.767. The number of hydrogen-bond acceptors (Lipinski definition) is 7. The van der Waals surface area contributed by atoms with Crippen molar-refractivity contribution < 1.29 is 9.32 Å². The molecule has 2 aliphatic rings. The number of amides is 1. The van der Waals surface area contributed by atoms with Crippen molar-refractivity contribution >= 4 is 18.0 Å². The summed E-state index contributed by atoms with van der Waals surface area (Å²) in [5.41, 5.74) is 6.36. The topological polar surface area (TPSA) is 87.6 Å². The van der Waals surface area contributed by atoms with Crippen LogP contribution < -0.4 is 11.1 Å². The molecule has 0 radical (unpaired) electrons. The van der Waals surface area contributed by atoms with E-state index >= 15 is 0 Å². The number of nitrogens with one attached hydrogen (secondary N) is 1. The van der Waals surface area contributed by atoms with Crippen molar-refractivity contribution in [1.29, 1.82) is 0 Å². The number of piperidine rings is 2. The molecule has 2 unspecified atom stereocenters. The summed E-state index contributed by atoms with van der Waals surface area (Å²) in [6, 6.07) is 2.70. The second kappa shape index (κ2) is 8.53. The van der Waals surface area contributed by atoms with Crippen LogP contribution in [0.1, 0.15) is 55.8 Å². The molecule has 8 heteroatoms. The number of aromatic nitrogens is 1. The van der Waals surface area contributed by atoms with Crippen molar-refractivity contribution in [3.63, 3.8) is 0 Å². The van der Waals surface area contributed by atoms with Gasteiger partial charge in [0.2, 0.25) is 0 Å². The van der Waals surface area contributed by atoms with Crippen LogP contribution in [-0.4, -0.2) is 57.4 Å². The Morgan fingerprint density at radius 1 is 1.40 bits per heavy atom. The Morgan fingerprint density at radius 3 is 2.80 bits per heavy atom. The van der Waals surface area contributed by atoms with Gasteiger partial charge in [-0.25, -0.2) is 8.61 Å². The van der Waals surface area contributed by atoms with Crippen LogP contribution in [0.15, 0.2) is 10.6 Å². The van der Waals surface area contributed by atoms with Gasteiger partial charge < -0.3 is 15.6 Å². The third kappa shape index (κ3) is 4.97. The van der Waals surface area contributed by atoms with E-state index in [-0.39, 0.29) is 11.9 Å². The summed E-state index contributed by atoms with van der Waals surface area (Å²) in [6.07, 6.45) is 4.80. The van der Waals surface area contributed by atoms with E-state index in [1.165, 1.54) is 0 Å². The number of aryl methyl sites for hydroxylation is 1. The van der Waals surface area contributed by atoms with E-state index in [0.29, 0.717) is 17.8 Å². The Morgan fingerprint density at radius 2 is 2.16 bits per heavy atom. The highest BCUT2D eigenvalue weighted by atomic mass is 32.2. The molecule has 2 atom stereocenters. The summed E-state index contributed by atoms with van der Waals surface area (Å²) in [4.78, 5) is 12.3. The van der Waals surface area contributed by atoms with Crippen LogP contribution in [0.2, 0.25) is 0 Å². The number of rotatable bonds is 5. The maximum Gasteiger partial charge on any atom is 0.273 e. The summed E-state index contributed by atoms with van der Waals surface area (Å²) < 4.78 is 9.97. The average Bonchev–Trinajstić information content (AvgIpc) is 3.08. The van der Waals surface area contributed by atoms with E-state index in [2.05, 4.69) is 26.0 Å². The summed E-state index contributed by atoms with van der Waals surface area (Å²) in [5, 5.41) is 6.96. The van der Waals surface area contributed by atoms with Gasteiger partial charge in [-0.3, -0.25) is 4.79 Å². The summed E-state index contributed by atoms with van der Waals surface area (Å²) >= 11 is 1.85. The zero-order valence-electron chi connectivity index (χ0n) is 15.1. The maximum atomic E-state index is 12.3. The Kier molecular flexibility index (Phi) is 6.38. The van der Waals surface area contributed by atoms with Gasteiger partial charge in [0.1, 0.15) is 5.76 Å². The van der Waals surface area contributed by atoms with Crippen molar-refractivity contribution in [1.82, 2.24) is 19.1 Å². The minimum absolute atomic E-state index is 0.133. The summed E-state index contributed by atoms with van der Waals surface area (Å²) in [5.74, 6) is 0.609. The van der Waals surface area contributed by atoms with Crippen LogP contribution in [0.5, 0.6) is 0 Å². The van der Waals surface area contributed by atoms with Crippen molar-refractivity contribution in [3.8, 4) is 0 Å². The van der Waals surface area contributed by atoms with Crippen molar-refractivity contribution in [2.24, 2.45) is 5.73 Å². The SMILES string of the molecule is CCc1cc(C(=O)NC2CCN(SN3CCC(N)CC3)C(C)C2)no1. The first kappa shape index (κ1) is 18.7. The molecule has 7 nitrogen and oxygen atoms in total. The first-order valence-corrected chi connectivity index (χ1v) is 10.00. The first-order valence-electron chi connectivity index (χ1n) is 9.27. The predicted octanol–water partition coefficient (Wildman–Crippen LogP) is 1.81. The van der Waals surface area contributed by atoms with Gasteiger partial charge in [0.25, 0.3) is 5.91 Å². The fraction of sp³-hybridized carbons (Fsp3) is 0.765. The normalized spacial score (nSPS) is 26.7. The molecular formula is C17H29N5O2S. The molecule has 3 rings (SSSR count). The molecule has 0 aromatic carbocycles. The van der Waals surface area contributed by atoms with E-state index in [1.807, 2.05) is 19.1 Å². The molecule has 0 bridgehead atoms. The van der Waals surface area contributed by atoms with E-state index in [1.54, 1.807) is 6.07 Å². The molecule has 2 fully saturated rings. The predicted molar refractivity (Wildman–Crippen MR) is 98.9 cm³/mol. The third-order valence-corrected chi connectivity index (χ3v) is 6.36. The van der Waals surface area contributed by atoms with E-state index < -0.39 is 0 Å². The highest BCUT2D eigenvalue weighted by Gasteiger charge is 2.30. The van der Waals surface area contributed by atoms with Gasteiger partial charge in [0, 0.05) is 62.4 Å². The van der Waals surface area contributed by atoms with Gasteiger partial charge >= 0.3 is 0 Å². The van der Waals surface area contributed by atoms with Crippen LogP contribution in [0, 0.1) is 0 Å². The lowest BCUT2D eigenvalue weighted by Gasteiger charge is -2.40. The van der Waals surface area contributed by atoms with Gasteiger partial charge in [-0.2, -0.15) is 0 Å². The highest BCUT2D eigenvalue weighted by Crippen LogP contribution is 2.29. The fourth-order valence-corrected chi connectivity index (χ4v) is 4.46. The monoisotopic (exact) mass is 367 g/mol. The zero-order valence-corrected chi connectivity index (χ0v) is 15.9. The van der Waals surface area contributed by atoms with Crippen molar-refractivity contribution in [3.05, 3.63) is 17.5 Å². The molecular weight excluding hydrogens is 338 g/mol. The second-order valence-electron chi connectivity index (χ2n) is 7.06. The molecule has 0 saturated carbocycles. The molecule has 1 aromatic heterocycles. The minimum Gasteiger partial charge on any atom is -0.361 e. The average molecular weight is 368 g/mol. The standard InChI is InChI=1S/C17H29N5O2S/c1-3-15-11-16(20-24-15)17(23)19-14-6-9-22(12(2)10-14)25-21-7-4-13(18)5-8-21/h11-14H,3-10,18H2,1-2H3,(H,19,23). The lowest BCUT2D eigenvalue weighted by atomic mass is 10.0. The van der Waals surface area contributed by atoms with Gasteiger partial charge in [-0.05, 0) is 32.6 Å². The molecule has 2 aliphatic heterocycles. The van der Waals surface area contributed by atoms with E-state index in [9.17, 15) is 4.79 Å². The summed E-state index contributed by atoms with van der Waals surface area (Å²) in [6.45, 7) is 7.29. The van der Waals surface area contributed by atoms with Gasteiger partial charge in [-0.1, -0.05) is 12.1 Å². The third-order valence-electron chi connectivity index (χ3n) is 5.01. The molecule has 140 valence electrons. The lowest BCUT2D eigenvalue weighted by Crippen LogP contribution is -2.48. The van der Waals surface area contributed by atoms with E-state index in [4.69, 9.17) is 10.3 Å². The van der Waals surface area contributed by atoms with Gasteiger partial charge in [0.05, 0.1) is 0 Å². The molecule has 0 aliphatic carbocycles. The Hall–Kier alpha value is -1.09. The van der Waals surface area contributed by atoms with E-state index in [0.717, 1.165) is 57.5 Å². The van der Waals surface area contributed by atoms with Gasteiger partial charge in [0.15, 0.2) is 5.69 Å². The molecule has 2 saturated heterocycles. The fourth-order valence-electron chi connectivity index (χ4n) is 3.35. The molecule has 0 spiro atoms. The molecule has 1 amide bonds. The van der Waals surface area contributed by atoms with Crippen LogP contribution in [0.3, 0.4) is 0 Å². The maximum absolute atomic E-state index is 12.3. The number of hydrogen-bond donors (Lipinski definition) is 2. The lowest BCUT2D eigenvalue weighted by molar-refractivity contribution is 0.0906. The minimum atomic E-state index is -0.133. The van der Waals surface area contributed by atoms with Crippen LogP contribution in [0.25, 0.3) is 0 Å². The molecule has 25 heavy (non-hydrogen) atoms. The van der Waals surface area contributed by atoms with Crippen LogP contribution in [-0.2, 0) is 6.42 Å². The zero-order chi connectivity index (χ0) is 17.8. The van der Waals surface area contributed by atoms with Crippen molar-refractivity contribution in [2.45, 2.75) is 64.1 Å². The molecule has 3 heterocycles. The summed E-state index contributed by atoms with van der Waals surface area (Å²) in [7, 11) is 0. The van der Waals surface area contributed by atoms with Crippen LogP contribution in [0.4, 0.5) is 0 Å². The number of nitrogens with zero attached hydrogens (tertiary/aromatic N) is 3. The Labute approximate surface area is 153 Å². The first-order chi connectivity index (χ1) is 12.0. The second-order valence-corrected chi connectivity index (χ2v) is 8.21. The van der Waals surface area contributed by atoms with Crippen LogP contribution >= 0.6 is 12.1 Å². The molecule has 1 aromatic rings. The largest absolute Gasteiger partial charge is 0.361 e. The molecule has 3 N–H and O–H groups in total. The number of carbonyl (C=O) groups excluding carboxylic acids is 1. The Bertz CT molecular complexity index is 573. The Balaban J connectivity index is 1.45. The highest BCUT2D eigenvalue weighted by molar-refractivity contribution is 7.94. The van der Waals surface area contributed by atoms with Gasteiger partial charge in [-0.15, -0.1) is 0 Å².